The van der Waals surface area contributed by atoms with Gasteiger partial charge in [-0.25, -0.2) is 0 Å². The summed E-state index contributed by atoms with van der Waals surface area (Å²) in [5.74, 6) is 1.52. The first-order valence-corrected chi connectivity index (χ1v) is 7.77. The second-order valence-corrected chi connectivity index (χ2v) is 5.58. The van der Waals surface area contributed by atoms with E-state index in [1.165, 1.54) is 0 Å². The van der Waals surface area contributed by atoms with Crippen molar-refractivity contribution in [2.24, 2.45) is 0 Å². The van der Waals surface area contributed by atoms with Gasteiger partial charge in [-0.05, 0) is 53.8 Å². The number of methoxy groups -OCH3 is 2. The molecule has 0 aliphatic carbocycles. The first-order valence-electron chi connectivity index (χ1n) is 7.40. The smallest absolute Gasteiger partial charge is 0.145 e. The zero-order valence-electron chi connectivity index (χ0n) is 13.6. The highest BCUT2D eigenvalue weighted by Gasteiger charge is 2.13. The molecule has 2 rings (SSSR count). The maximum Gasteiger partial charge on any atom is 0.145 e. The van der Waals surface area contributed by atoms with E-state index in [4.69, 9.17) is 21.1 Å². The van der Waals surface area contributed by atoms with E-state index < -0.39 is 0 Å². The number of ether oxygens (including phenoxy) is 2. The second kappa shape index (κ2) is 7.89. The van der Waals surface area contributed by atoms with Crippen LogP contribution < -0.4 is 9.47 Å². The molecule has 0 aliphatic rings. The Morgan fingerprint density at radius 1 is 1.00 bits per heavy atom. The molecule has 0 radical (unpaired) electrons. The summed E-state index contributed by atoms with van der Waals surface area (Å²) >= 11 is 6.38. The van der Waals surface area contributed by atoms with Crippen LogP contribution in [0.2, 0.25) is 5.02 Å². The number of hydrogen-bond donors (Lipinski definition) is 0. The molecule has 0 N–H and O–H groups in total. The maximum absolute atomic E-state index is 6.38. The highest BCUT2D eigenvalue weighted by atomic mass is 35.5. The van der Waals surface area contributed by atoms with Gasteiger partial charge in [0.15, 0.2) is 0 Å². The summed E-state index contributed by atoms with van der Waals surface area (Å²) in [7, 11) is 3.30. The topological polar surface area (TPSA) is 18.5 Å². The molecule has 3 heteroatoms. The molecule has 0 amide bonds. The average Bonchev–Trinajstić information content (AvgIpc) is 2.55. The van der Waals surface area contributed by atoms with Crippen molar-refractivity contribution in [3.63, 3.8) is 0 Å². The summed E-state index contributed by atoms with van der Waals surface area (Å²) in [6.07, 6.45) is 5.21. The van der Waals surface area contributed by atoms with Crippen LogP contribution in [0.3, 0.4) is 0 Å². The van der Waals surface area contributed by atoms with Crippen LogP contribution in [0.15, 0.2) is 55.6 Å². The Hall–Kier alpha value is -2.19. The minimum Gasteiger partial charge on any atom is -0.496 e. The Labute approximate surface area is 143 Å². The monoisotopic (exact) mass is 328 g/mol. The number of halogens is 1. The maximum atomic E-state index is 6.38. The van der Waals surface area contributed by atoms with E-state index in [1.54, 1.807) is 14.2 Å². The lowest BCUT2D eigenvalue weighted by Gasteiger charge is -2.15. The SMILES string of the molecule is C=CCc1cc(Cl)c(OC)c(-c2ccc(OC)c(CC=C)c2)c1. The molecule has 0 atom stereocenters. The minimum absolute atomic E-state index is 0.600. The first kappa shape index (κ1) is 17.2. The van der Waals surface area contributed by atoms with Crippen molar-refractivity contribution < 1.29 is 9.47 Å². The van der Waals surface area contributed by atoms with Gasteiger partial charge in [0.2, 0.25) is 0 Å². The molecule has 0 aliphatic heterocycles. The molecule has 0 unspecified atom stereocenters. The van der Waals surface area contributed by atoms with Crippen molar-refractivity contribution in [2.45, 2.75) is 12.8 Å². The van der Waals surface area contributed by atoms with E-state index in [0.717, 1.165) is 40.8 Å². The molecule has 120 valence electrons. The Bertz CT molecular complexity index is 720. The van der Waals surface area contributed by atoms with Gasteiger partial charge in [0, 0.05) is 5.56 Å². The molecule has 2 aromatic carbocycles. The molecule has 0 bridgehead atoms. The van der Waals surface area contributed by atoms with Crippen molar-refractivity contribution in [1.82, 2.24) is 0 Å². The number of rotatable bonds is 7. The highest BCUT2D eigenvalue weighted by Crippen LogP contribution is 2.39. The number of hydrogen-bond acceptors (Lipinski definition) is 2. The molecule has 2 nitrogen and oxygen atoms in total. The molecule has 0 aromatic heterocycles. The van der Waals surface area contributed by atoms with E-state index in [2.05, 4.69) is 25.3 Å². The van der Waals surface area contributed by atoms with E-state index in [0.29, 0.717) is 10.8 Å². The predicted molar refractivity (Wildman–Crippen MR) is 97.8 cm³/mol. The van der Waals surface area contributed by atoms with Crippen LogP contribution in [-0.2, 0) is 12.8 Å². The zero-order valence-corrected chi connectivity index (χ0v) is 14.3. The largest absolute Gasteiger partial charge is 0.496 e. The summed E-state index contributed by atoms with van der Waals surface area (Å²) in [6.45, 7) is 7.60. The Morgan fingerprint density at radius 2 is 1.74 bits per heavy atom. The molecule has 0 spiro atoms. The molecule has 23 heavy (non-hydrogen) atoms. The van der Waals surface area contributed by atoms with Crippen molar-refractivity contribution in [2.75, 3.05) is 14.2 Å². The zero-order chi connectivity index (χ0) is 16.8. The van der Waals surface area contributed by atoms with Crippen molar-refractivity contribution in [1.29, 1.82) is 0 Å². The van der Waals surface area contributed by atoms with Gasteiger partial charge in [0.05, 0.1) is 19.2 Å². The lowest BCUT2D eigenvalue weighted by atomic mass is 9.97. The molecule has 2 aromatic rings. The summed E-state index contributed by atoms with van der Waals surface area (Å²) in [5.41, 5.74) is 4.17. The Morgan fingerprint density at radius 3 is 2.35 bits per heavy atom. The van der Waals surface area contributed by atoms with Gasteiger partial charge in [-0.15, -0.1) is 13.2 Å². The van der Waals surface area contributed by atoms with Gasteiger partial charge in [-0.2, -0.15) is 0 Å². The van der Waals surface area contributed by atoms with Crippen LogP contribution in [-0.4, -0.2) is 14.2 Å². The molecule has 0 saturated carbocycles. The quantitative estimate of drug-likeness (QED) is 0.626. The van der Waals surface area contributed by atoms with Gasteiger partial charge < -0.3 is 9.47 Å². The normalized spacial score (nSPS) is 10.2. The van der Waals surface area contributed by atoms with Crippen molar-refractivity contribution >= 4 is 11.6 Å². The molecule has 0 heterocycles. The van der Waals surface area contributed by atoms with Crippen LogP contribution in [0.1, 0.15) is 11.1 Å². The fourth-order valence-corrected chi connectivity index (χ4v) is 2.94. The summed E-state index contributed by atoms with van der Waals surface area (Å²) in [6, 6.07) is 10.1. The lowest BCUT2D eigenvalue weighted by molar-refractivity contribution is 0.410. The molecular formula is C20H21ClO2. The molecular weight excluding hydrogens is 308 g/mol. The highest BCUT2D eigenvalue weighted by molar-refractivity contribution is 6.32. The first-order chi connectivity index (χ1) is 11.1. The molecule has 0 saturated heterocycles. The van der Waals surface area contributed by atoms with Gasteiger partial charge in [0.25, 0.3) is 0 Å². The van der Waals surface area contributed by atoms with Gasteiger partial charge in [0.1, 0.15) is 11.5 Å². The lowest BCUT2D eigenvalue weighted by Crippen LogP contribution is -1.95. The summed E-state index contributed by atoms with van der Waals surface area (Å²) in [4.78, 5) is 0. The number of benzene rings is 2. The summed E-state index contributed by atoms with van der Waals surface area (Å²) in [5, 5.41) is 0.600. The van der Waals surface area contributed by atoms with Crippen LogP contribution in [0.5, 0.6) is 11.5 Å². The van der Waals surface area contributed by atoms with Gasteiger partial charge in [-0.3, -0.25) is 0 Å². The van der Waals surface area contributed by atoms with E-state index in [-0.39, 0.29) is 0 Å². The third kappa shape index (κ3) is 3.77. The third-order valence-electron chi connectivity index (χ3n) is 3.64. The Kier molecular flexibility index (Phi) is 5.89. The van der Waals surface area contributed by atoms with Gasteiger partial charge in [-0.1, -0.05) is 29.8 Å². The van der Waals surface area contributed by atoms with Crippen LogP contribution in [0.4, 0.5) is 0 Å². The van der Waals surface area contributed by atoms with Crippen molar-refractivity contribution in [3.8, 4) is 22.6 Å². The van der Waals surface area contributed by atoms with Gasteiger partial charge >= 0.3 is 0 Å². The fraction of sp³-hybridized carbons (Fsp3) is 0.200. The van der Waals surface area contributed by atoms with Crippen LogP contribution in [0, 0.1) is 0 Å². The van der Waals surface area contributed by atoms with E-state index in [1.807, 2.05) is 30.4 Å². The fourth-order valence-electron chi connectivity index (χ4n) is 2.62. The van der Waals surface area contributed by atoms with Crippen LogP contribution >= 0.6 is 11.6 Å². The standard InChI is InChI=1S/C20H21ClO2/c1-5-7-14-11-17(20(23-4)18(21)12-14)15-9-10-19(22-3)16(13-15)8-6-2/h5-6,9-13H,1-2,7-8H2,3-4H3. The minimum atomic E-state index is 0.600. The average molecular weight is 329 g/mol. The second-order valence-electron chi connectivity index (χ2n) is 5.17. The predicted octanol–water partition coefficient (Wildman–Crippen LogP) is 5.48. The number of allylic oxidation sites excluding steroid dienone is 2. The van der Waals surface area contributed by atoms with Crippen molar-refractivity contribution in [3.05, 3.63) is 71.8 Å². The molecule has 0 fully saturated rings. The summed E-state index contributed by atoms with van der Waals surface area (Å²) < 4.78 is 10.9. The Balaban J connectivity index is 2.61. The third-order valence-corrected chi connectivity index (χ3v) is 3.92. The van der Waals surface area contributed by atoms with Crippen LogP contribution in [0.25, 0.3) is 11.1 Å². The van der Waals surface area contributed by atoms with E-state index >= 15 is 0 Å². The van der Waals surface area contributed by atoms with E-state index in [9.17, 15) is 0 Å².